The number of nitrogens with two attached hydrogens (primary N) is 1. The Kier molecular flexibility index (Phi) is 4.27. The zero-order valence-corrected chi connectivity index (χ0v) is 12.7. The van der Waals surface area contributed by atoms with Crippen LogP contribution in [0.4, 0.5) is 5.82 Å². The van der Waals surface area contributed by atoms with Gasteiger partial charge < -0.3 is 9.84 Å². The highest BCUT2D eigenvalue weighted by atomic mass is 16.5. The van der Waals surface area contributed by atoms with Gasteiger partial charge in [-0.15, -0.1) is 0 Å². The topological polar surface area (TPSA) is 71.6 Å². The van der Waals surface area contributed by atoms with Crippen LogP contribution in [0, 0.1) is 0 Å². The Balaban J connectivity index is 1.74. The van der Waals surface area contributed by atoms with Crippen LogP contribution in [0.15, 0.2) is 36.5 Å². The van der Waals surface area contributed by atoms with Crippen LogP contribution < -0.4 is 15.6 Å². The molecule has 1 aromatic carbocycles. The molecular weight excluding hydrogens is 278 g/mol. The van der Waals surface area contributed by atoms with Crippen molar-refractivity contribution >= 4 is 5.82 Å². The van der Waals surface area contributed by atoms with Crippen LogP contribution >= 0.6 is 0 Å². The third-order valence-corrected chi connectivity index (χ3v) is 4.00. The van der Waals surface area contributed by atoms with E-state index in [1.807, 2.05) is 36.5 Å². The molecule has 1 heterocycles. The maximum absolute atomic E-state index is 9.55. The summed E-state index contributed by atoms with van der Waals surface area (Å²) in [6, 6.07) is 9.66. The lowest BCUT2D eigenvalue weighted by molar-refractivity contribution is 0.280. The number of pyridine rings is 1. The molecule has 0 atom stereocenters. The van der Waals surface area contributed by atoms with Crippen molar-refractivity contribution in [3.8, 4) is 5.75 Å². The molecule has 5 heteroatoms. The van der Waals surface area contributed by atoms with Crippen molar-refractivity contribution in [2.45, 2.75) is 31.9 Å². The van der Waals surface area contributed by atoms with Gasteiger partial charge in [-0.05, 0) is 53.6 Å². The zero-order chi connectivity index (χ0) is 15.5. The fourth-order valence-corrected chi connectivity index (χ4v) is 2.56. The molecule has 3 rings (SSSR count). The molecule has 0 bridgehead atoms. The Morgan fingerprint density at radius 2 is 2.05 bits per heavy atom. The second-order valence-electron chi connectivity index (χ2n) is 5.65. The van der Waals surface area contributed by atoms with E-state index in [0.29, 0.717) is 18.3 Å². The van der Waals surface area contributed by atoms with Gasteiger partial charge in [-0.3, -0.25) is 5.01 Å². The third kappa shape index (κ3) is 3.21. The number of hydrogen-bond donors (Lipinski definition) is 2. The quantitative estimate of drug-likeness (QED) is 0.633. The van der Waals surface area contributed by atoms with E-state index < -0.39 is 0 Å². The van der Waals surface area contributed by atoms with Gasteiger partial charge in [-0.1, -0.05) is 12.1 Å². The SMILES string of the molecule is COc1ccc(CN(N)c2cc(CO)c(C3CC3)cn2)cc1. The maximum Gasteiger partial charge on any atom is 0.143 e. The highest BCUT2D eigenvalue weighted by Crippen LogP contribution is 2.41. The number of anilines is 1. The number of hydrogen-bond acceptors (Lipinski definition) is 5. The van der Waals surface area contributed by atoms with Crippen LogP contribution in [0.1, 0.15) is 35.4 Å². The van der Waals surface area contributed by atoms with Gasteiger partial charge >= 0.3 is 0 Å². The lowest BCUT2D eigenvalue weighted by Crippen LogP contribution is -2.31. The van der Waals surface area contributed by atoms with Crippen LogP contribution in [0.2, 0.25) is 0 Å². The molecule has 1 aromatic heterocycles. The minimum Gasteiger partial charge on any atom is -0.497 e. The molecule has 0 aliphatic heterocycles. The fraction of sp³-hybridized carbons (Fsp3) is 0.353. The second-order valence-corrected chi connectivity index (χ2v) is 5.65. The molecule has 22 heavy (non-hydrogen) atoms. The fourth-order valence-electron chi connectivity index (χ4n) is 2.56. The summed E-state index contributed by atoms with van der Waals surface area (Å²) in [7, 11) is 1.64. The van der Waals surface area contributed by atoms with Crippen molar-refractivity contribution in [3.05, 3.63) is 53.2 Å². The minimum atomic E-state index is 0.0255. The number of nitrogens with zero attached hydrogens (tertiary/aromatic N) is 2. The van der Waals surface area contributed by atoms with Gasteiger partial charge in [0.15, 0.2) is 0 Å². The number of hydrazine groups is 1. The molecule has 1 aliphatic carbocycles. The van der Waals surface area contributed by atoms with Crippen LogP contribution in [-0.2, 0) is 13.2 Å². The van der Waals surface area contributed by atoms with E-state index in [-0.39, 0.29) is 6.61 Å². The average Bonchev–Trinajstić information content (AvgIpc) is 3.39. The maximum atomic E-state index is 9.55. The van der Waals surface area contributed by atoms with E-state index in [1.54, 1.807) is 12.1 Å². The standard InChI is InChI=1S/C17H21N3O2/c1-22-15-6-2-12(3-7-15)10-20(18)17-8-14(11-21)16(9-19-17)13-4-5-13/h2-3,6-9,13,21H,4-5,10-11,18H2,1H3. The molecule has 5 nitrogen and oxygen atoms in total. The van der Waals surface area contributed by atoms with Gasteiger partial charge in [0.1, 0.15) is 11.6 Å². The summed E-state index contributed by atoms with van der Waals surface area (Å²) >= 11 is 0. The molecule has 0 spiro atoms. The predicted molar refractivity (Wildman–Crippen MR) is 85.5 cm³/mol. The van der Waals surface area contributed by atoms with Crippen molar-refractivity contribution in [3.63, 3.8) is 0 Å². The van der Waals surface area contributed by atoms with E-state index in [9.17, 15) is 5.11 Å². The summed E-state index contributed by atoms with van der Waals surface area (Å²) in [5.74, 6) is 8.18. The van der Waals surface area contributed by atoms with E-state index in [2.05, 4.69) is 4.98 Å². The molecule has 1 aliphatic rings. The molecule has 0 saturated heterocycles. The Labute approximate surface area is 130 Å². The average molecular weight is 299 g/mol. The summed E-state index contributed by atoms with van der Waals surface area (Å²) in [4.78, 5) is 4.44. The van der Waals surface area contributed by atoms with Crippen LogP contribution in [0.25, 0.3) is 0 Å². The summed E-state index contributed by atoms with van der Waals surface area (Å²) in [6.45, 7) is 0.572. The largest absolute Gasteiger partial charge is 0.497 e. The van der Waals surface area contributed by atoms with E-state index in [1.165, 1.54) is 12.8 Å². The number of methoxy groups -OCH3 is 1. The Morgan fingerprint density at radius 3 is 2.64 bits per heavy atom. The molecule has 2 aromatic rings. The first-order valence-corrected chi connectivity index (χ1v) is 7.46. The summed E-state index contributed by atoms with van der Waals surface area (Å²) in [6.07, 6.45) is 4.23. The number of aromatic nitrogens is 1. The van der Waals surface area contributed by atoms with Crippen molar-refractivity contribution in [2.75, 3.05) is 12.1 Å². The predicted octanol–water partition coefficient (Wildman–Crippen LogP) is 2.34. The van der Waals surface area contributed by atoms with Gasteiger partial charge in [-0.25, -0.2) is 10.8 Å². The van der Waals surface area contributed by atoms with Gasteiger partial charge in [0.2, 0.25) is 0 Å². The number of ether oxygens (including phenoxy) is 1. The Hall–Kier alpha value is -2.11. The van der Waals surface area contributed by atoms with E-state index in [0.717, 1.165) is 22.4 Å². The molecule has 3 N–H and O–H groups in total. The normalized spacial score (nSPS) is 14.0. The Morgan fingerprint density at radius 1 is 1.32 bits per heavy atom. The van der Waals surface area contributed by atoms with Crippen LogP contribution in [0.5, 0.6) is 5.75 Å². The van der Waals surface area contributed by atoms with Crippen molar-refractivity contribution in [1.82, 2.24) is 4.98 Å². The molecule has 1 saturated carbocycles. The summed E-state index contributed by atoms with van der Waals surface area (Å²) < 4.78 is 5.15. The Bertz CT molecular complexity index is 639. The van der Waals surface area contributed by atoms with E-state index >= 15 is 0 Å². The summed E-state index contributed by atoms with van der Waals surface area (Å²) in [5.41, 5.74) is 3.16. The number of benzene rings is 1. The molecule has 116 valence electrons. The van der Waals surface area contributed by atoms with Gasteiger partial charge in [0.05, 0.1) is 20.3 Å². The molecule has 0 amide bonds. The minimum absolute atomic E-state index is 0.0255. The lowest BCUT2D eigenvalue weighted by atomic mass is 10.1. The highest BCUT2D eigenvalue weighted by Gasteiger charge is 2.26. The monoisotopic (exact) mass is 299 g/mol. The highest BCUT2D eigenvalue weighted by molar-refractivity contribution is 5.45. The van der Waals surface area contributed by atoms with Gasteiger partial charge in [-0.2, -0.15) is 0 Å². The molecule has 1 fully saturated rings. The number of aliphatic hydroxyl groups excluding tert-OH is 1. The number of rotatable bonds is 6. The summed E-state index contributed by atoms with van der Waals surface area (Å²) in [5, 5.41) is 11.1. The molecular formula is C17H21N3O2. The smallest absolute Gasteiger partial charge is 0.143 e. The third-order valence-electron chi connectivity index (χ3n) is 4.00. The number of aliphatic hydroxyl groups is 1. The van der Waals surface area contributed by atoms with Crippen LogP contribution in [0.3, 0.4) is 0 Å². The second kappa shape index (κ2) is 6.34. The zero-order valence-electron chi connectivity index (χ0n) is 12.7. The van der Waals surface area contributed by atoms with Gasteiger partial charge in [0.25, 0.3) is 0 Å². The first-order valence-electron chi connectivity index (χ1n) is 7.46. The van der Waals surface area contributed by atoms with E-state index in [4.69, 9.17) is 10.6 Å². The van der Waals surface area contributed by atoms with Gasteiger partial charge in [0, 0.05) is 6.20 Å². The van der Waals surface area contributed by atoms with Crippen LogP contribution in [-0.4, -0.2) is 17.2 Å². The first kappa shape index (κ1) is 14.8. The van der Waals surface area contributed by atoms with Crippen molar-refractivity contribution in [2.24, 2.45) is 5.84 Å². The van der Waals surface area contributed by atoms with Crippen molar-refractivity contribution < 1.29 is 9.84 Å². The first-order chi connectivity index (χ1) is 10.7. The molecule has 0 radical (unpaired) electrons. The molecule has 0 unspecified atom stereocenters. The van der Waals surface area contributed by atoms with Crippen molar-refractivity contribution in [1.29, 1.82) is 0 Å². The lowest BCUT2D eigenvalue weighted by Gasteiger charge is -2.19.